The summed E-state index contributed by atoms with van der Waals surface area (Å²) < 4.78 is 31.7. The van der Waals surface area contributed by atoms with Crippen LogP contribution >= 0.6 is 0 Å². The number of fused-ring (bicyclic) bond motifs is 1. The molecule has 1 fully saturated rings. The SMILES string of the molecule is N=C(N)NCCCC(NC(=O)[C@@H](NC(=O)[C@@H](Cc1ccc(C(=N)N)cc1)c1ccc2ccccc2c1)C1CCCCC1)C(N)=O.O=C(O)C(F)(F)F. The molecule has 3 aromatic rings. The normalized spacial score (nSPS) is 14.8. The molecule has 1 unspecified atom stereocenters. The summed E-state index contributed by atoms with van der Waals surface area (Å²) in [5.41, 5.74) is 18.9. The molecule has 280 valence electrons. The second-order valence-corrected chi connectivity index (χ2v) is 12.6. The van der Waals surface area contributed by atoms with Crippen LogP contribution < -0.4 is 33.2 Å². The van der Waals surface area contributed by atoms with E-state index in [1.807, 2.05) is 54.6 Å². The Morgan fingerprint density at radius 3 is 2.02 bits per heavy atom. The van der Waals surface area contributed by atoms with E-state index >= 15 is 0 Å². The van der Waals surface area contributed by atoms with Gasteiger partial charge in [-0.25, -0.2) is 4.79 Å². The van der Waals surface area contributed by atoms with E-state index < -0.39 is 42.0 Å². The molecule has 0 saturated heterocycles. The van der Waals surface area contributed by atoms with Gasteiger partial charge in [-0.05, 0) is 59.9 Å². The van der Waals surface area contributed by atoms with E-state index in [2.05, 4.69) is 16.0 Å². The Morgan fingerprint density at radius 2 is 1.46 bits per heavy atom. The second kappa shape index (κ2) is 19.1. The molecule has 1 saturated carbocycles. The van der Waals surface area contributed by atoms with Crippen LogP contribution in [-0.4, -0.2) is 65.4 Å². The maximum Gasteiger partial charge on any atom is 0.490 e. The minimum absolute atomic E-state index is 0.0314. The molecular formula is C36H45F3N8O5. The molecule has 0 aliphatic heterocycles. The van der Waals surface area contributed by atoms with Crippen LogP contribution in [-0.2, 0) is 25.6 Å². The number of alkyl halides is 3. The number of hydrogen-bond donors (Lipinski definition) is 9. The summed E-state index contributed by atoms with van der Waals surface area (Å²) in [5.74, 6) is -5.03. The van der Waals surface area contributed by atoms with E-state index in [-0.39, 0.29) is 30.0 Å². The lowest BCUT2D eigenvalue weighted by Gasteiger charge is -2.32. The molecule has 13 nitrogen and oxygen atoms in total. The number of amides is 3. The van der Waals surface area contributed by atoms with Crippen molar-refractivity contribution in [2.75, 3.05) is 6.54 Å². The molecule has 0 radical (unpaired) electrons. The Balaban J connectivity index is 0.000000944. The molecule has 16 heteroatoms. The van der Waals surface area contributed by atoms with E-state index in [1.54, 1.807) is 12.1 Å². The number of carboxylic acid groups (broad SMARTS) is 1. The number of guanidine groups is 1. The lowest BCUT2D eigenvalue weighted by Crippen LogP contribution is -2.56. The monoisotopic (exact) mass is 726 g/mol. The molecular weight excluding hydrogens is 681 g/mol. The number of amidine groups is 1. The highest BCUT2D eigenvalue weighted by Crippen LogP contribution is 2.30. The summed E-state index contributed by atoms with van der Waals surface area (Å²) in [6, 6.07) is 19.4. The topological polar surface area (TPSA) is 250 Å². The largest absolute Gasteiger partial charge is 0.490 e. The third kappa shape index (κ3) is 12.6. The number of carboxylic acids is 1. The van der Waals surface area contributed by atoms with Crippen molar-refractivity contribution in [3.8, 4) is 0 Å². The third-order valence-electron chi connectivity index (χ3n) is 8.79. The Morgan fingerprint density at radius 1 is 0.846 bits per heavy atom. The predicted octanol–water partition coefficient (Wildman–Crippen LogP) is 3.38. The zero-order valence-corrected chi connectivity index (χ0v) is 28.5. The highest BCUT2D eigenvalue weighted by Gasteiger charge is 2.38. The Kier molecular flexibility index (Phi) is 15.0. The van der Waals surface area contributed by atoms with Crippen molar-refractivity contribution in [3.05, 3.63) is 83.4 Å². The summed E-state index contributed by atoms with van der Waals surface area (Å²) in [6.45, 7) is 0.360. The molecule has 12 N–H and O–H groups in total. The number of nitrogen functional groups attached to an aromatic ring is 1. The molecule has 0 spiro atoms. The minimum Gasteiger partial charge on any atom is -0.475 e. The number of nitrogens with one attached hydrogen (secondary N) is 5. The molecule has 1 aliphatic rings. The van der Waals surface area contributed by atoms with Gasteiger partial charge in [-0.15, -0.1) is 0 Å². The molecule has 0 heterocycles. The van der Waals surface area contributed by atoms with Crippen LogP contribution in [0, 0.1) is 16.7 Å². The molecule has 4 rings (SSSR count). The number of rotatable bonds is 14. The fraction of sp³-hybridized carbons (Fsp3) is 0.389. The van der Waals surface area contributed by atoms with Crippen molar-refractivity contribution >= 4 is 46.3 Å². The van der Waals surface area contributed by atoms with Crippen molar-refractivity contribution in [1.82, 2.24) is 16.0 Å². The van der Waals surface area contributed by atoms with Gasteiger partial charge in [0, 0.05) is 12.1 Å². The van der Waals surface area contributed by atoms with Gasteiger partial charge < -0.3 is 38.3 Å². The van der Waals surface area contributed by atoms with Gasteiger partial charge in [-0.3, -0.25) is 25.2 Å². The highest BCUT2D eigenvalue weighted by atomic mass is 19.4. The number of nitrogens with two attached hydrogens (primary N) is 3. The number of benzene rings is 3. The number of hydrogen-bond acceptors (Lipinski definition) is 6. The molecule has 52 heavy (non-hydrogen) atoms. The van der Waals surface area contributed by atoms with Gasteiger partial charge in [0.25, 0.3) is 0 Å². The van der Waals surface area contributed by atoms with E-state index in [0.717, 1.165) is 54.0 Å². The highest BCUT2D eigenvalue weighted by molar-refractivity contribution is 5.95. The van der Waals surface area contributed by atoms with Crippen LogP contribution in [0.15, 0.2) is 66.7 Å². The van der Waals surface area contributed by atoms with Crippen LogP contribution in [0.25, 0.3) is 10.8 Å². The number of carbonyl (C=O) groups excluding carboxylic acids is 3. The molecule has 0 aromatic heterocycles. The van der Waals surface area contributed by atoms with Crippen LogP contribution in [0.1, 0.15) is 67.6 Å². The summed E-state index contributed by atoms with van der Waals surface area (Å²) >= 11 is 0. The van der Waals surface area contributed by atoms with Crippen LogP contribution in [0.5, 0.6) is 0 Å². The lowest BCUT2D eigenvalue weighted by atomic mass is 9.82. The van der Waals surface area contributed by atoms with Crippen LogP contribution in [0.4, 0.5) is 13.2 Å². The molecule has 3 amide bonds. The minimum atomic E-state index is -5.08. The van der Waals surface area contributed by atoms with Gasteiger partial charge in [0.2, 0.25) is 17.7 Å². The summed E-state index contributed by atoms with van der Waals surface area (Å²) in [7, 11) is 0. The van der Waals surface area contributed by atoms with Crippen molar-refractivity contribution in [1.29, 1.82) is 10.8 Å². The van der Waals surface area contributed by atoms with E-state index in [0.29, 0.717) is 24.9 Å². The number of primary amides is 1. The Bertz CT molecular complexity index is 1730. The summed E-state index contributed by atoms with van der Waals surface area (Å²) in [6.07, 6.45) is 0.567. The van der Waals surface area contributed by atoms with E-state index in [1.165, 1.54) is 0 Å². The first kappa shape index (κ1) is 40.8. The van der Waals surface area contributed by atoms with E-state index in [9.17, 15) is 27.6 Å². The first-order chi connectivity index (χ1) is 24.6. The first-order valence-corrected chi connectivity index (χ1v) is 16.8. The quantitative estimate of drug-likeness (QED) is 0.0675. The fourth-order valence-corrected chi connectivity index (χ4v) is 6.04. The van der Waals surface area contributed by atoms with Crippen molar-refractivity contribution in [2.45, 2.75) is 75.5 Å². The average molecular weight is 727 g/mol. The molecule has 0 bridgehead atoms. The zero-order valence-electron chi connectivity index (χ0n) is 28.5. The summed E-state index contributed by atoms with van der Waals surface area (Å²) in [4.78, 5) is 49.2. The van der Waals surface area contributed by atoms with Crippen molar-refractivity contribution < 1.29 is 37.5 Å². The second-order valence-electron chi connectivity index (χ2n) is 12.6. The van der Waals surface area contributed by atoms with Crippen molar-refractivity contribution in [2.24, 2.45) is 23.1 Å². The number of halogens is 3. The van der Waals surface area contributed by atoms with E-state index in [4.69, 9.17) is 37.9 Å². The van der Waals surface area contributed by atoms with Crippen LogP contribution in [0.2, 0.25) is 0 Å². The predicted molar refractivity (Wildman–Crippen MR) is 190 cm³/mol. The van der Waals surface area contributed by atoms with Gasteiger partial charge in [-0.2, -0.15) is 13.2 Å². The maximum absolute atomic E-state index is 14.2. The zero-order chi connectivity index (χ0) is 38.4. The maximum atomic E-state index is 14.2. The summed E-state index contributed by atoms with van der Waals surface area (Å²) in [5, 5.41) is 32.8. The smallest absolute Gasteiger partial charge is 0.475 e. The van der Waals surface area contributed by atoms with Crippen LogP contribution in [0.3, 0.4) is 0 Å². The van der Waals surface area contributed by atoms with Gasteiger partial charge in [-0.1, -0.05) is 86.0 Å². The lowest BCUT2D eigenvalue weighted by molar-refractivity contribution is -0.192. The Labute approximate surface area is 298 Å². The first-order valence-electron chi connectivity index (χ1n) is 16.8. The van der Waals surface area contributed by atoms with Gasteiger partial charge in [0.05, 0.1) is 5.92 Å². The molecule has 3 atom stereocenters. The van der Waals surface area contributed by atoms with Gasteiger partial charge in [0.15, 0.2) is 5.96 Å². The third-order valence-corrected chi connectivity index (χ3v) is 8.79. The van der Waals surface area contributed by atoms with Gasteiger partial charge in [0.1, 0.15) is 17.9 Å². The van der Waals surface area contributed by atoms with Gasteiger partial charge >= 0.3 is 12.1 Å². The number of carbonyl (C=O) groups is 4. The average Bonchev–Trinajstić information content (AvgIpc) is 3.10. The van der Waals surface area contributed by atoms with Crippen molar-refractivity contribution in [3.63, 3.8) is 0 Å². The standard InChI is InChI=1S/C34H44N8O3.C2HF3O2/c35-30(36)24-14-12-21(13-15-24)19-27(26-17-16-22-7-4-5-10-25(22)20-26)32(44)42-29(23-8-2-1-3-9-23)33(45)41-28(31(37)43)11-6-18-40-34(38)39;3-2(4,5)1(6)7/h4-5,7,10,12-17,20,23,27-29H,1-3,6,8-9,11,18-19H2,(H3,35,36)(H2,37,43)(H,41,45)(H,42,44)(H4,38,39,40);(H,6,7)/t27-,28?,29-;/m0./s1. The number of aliphatic carboxylic acids is 1. The Hall–Kier alpha value is -5.67. The molecule has 3 aromatic carbocycles. The molecule has 1 aliphatic carbocycles. The fourth-order valence-electron chi connectivity index (χ4n) is 6.04.